The summed E-state index contributed by atoms with van der Waals surface area (Å²) in [6.07, 6.45) is -13.7. The number of carboxylic acids is 1. The molecule has 5 fully saturated rings. The van der Waals surface area contributed by atoms with Gasteiger partial charge in [-0.05, 0) is 106 Å². The topological polar surface area (TPSA) is 291 Å². The smallest absolute Gasteiger partial charge is 0.338 e. The molecule has 2 saturated carbocycles. The van der Waals surface area contributed by atoms with E-state index in [1.165, 1.54) is 24.6 Å². The quantitative estimate of drug-likeness (QED) is 0.0614. The minimum atomic E-state index is -1.68. The van der Waals surface area contributed by atoms with Gasteiger partial charge in [0, 0.05) is 62.7 Å². The van der Waals surface area contributed by atoms with Crippen LogP contribution in [0.15, 0.2) is 53.0 Å². The summed E-state index contributed by atoms with van der Waals surface area (Å²) in [6.45, 7) is 12.6. The summed E-state index contributed by atoms with van der Waals surface area (Å²) in [7, 11) is 0. The Morgan fingerprint density at radius 2 is 1.55 bits per heavy atom. The van der Waals surface area contributed by atoms with Crippen molar-refractivity contribution in [2.24, 2.45) is 17.8 Å². The number of esters is 1. The molecule has 426 valence electrons. The maximum atomic E-state index is 14.2. The SMILES string of the molecule is CCC1CC(C(=O)NCCNCc2ccc(CN3CCCNCCNCCCNCC3)c(Br)c2)CC(OC2OC(CO)C(O)C(O[C@@H](CC3CC3)C(=O)O)C2OC(=O)c2ccccc2)C1OC1OC(C)C(O)C(O)C1O. The molecule has 1 amide bonds. The van der Waals surface area contributed by atoms with E-state index in [-0.39, 0.29) is 30.2 Å². The predicted molar refractivity (Wildman–Crippen MR) is 282 cm³/mol. The Labute approximate surface area is 454 Å². The summed E-state index contributed by atoms with van der Waals surface area (Å²) in [5.74, 6) is -3.41. The van der Waals surface area contributed by atoms with Crippen LogP contribution in [0.25, 0.3) is 0 Å². The van der Waals surface area contributed by atoms with E-state index >= 15 is 0 Å². The summed E-state index contributed by atoms with van der Waals surface area (Å²) < 4.78 is 38.6. The Balaban J connectivity index is 1.03. The van der Waals surface area contributed by atoms with Gasteiger partial charge in [-0.2, -0.15) is 0 Å². The van der Waals surface area contributed by atoms with Gasteiger partial charge >= 0.3 is 11.9 Å². The monoisotopic (exact) mass is 1130 g/mol. The number of aliphatic hydroxyl groups is 5. The number of carbonyl (C=O) groups is 3. The van der Waals surface area contributed by atoms with Crippen molar-refractivity contribution in [3.05, 3.63) is 69.7 Å². The third-order valence-electron chi connectivity index (χ3n) is 15.2. The lowest BCUT2D eigenvalue weighted by Crippen LogP contribution is -2.64. The molecule has 2 aromatic carbocycles. The minimum Gasteiger partial charge on any atom is -0.479 e. The van der Waals surface area contributed by atoms with Crippen molar-refractivity contribution in [1.82, 2.24) is 31.5 Å². The van der Waals surface area contributed by atoms with Gasteiger partial charge in [0.2, 0.25) is 5.91 Å². The van der Waals surface area contributed by atoms with E-state index in [1.54, 1.807) is 18.2 Å². The Kier molecular flexibility index (Phi) is 24.1. The average molecular weight is 1140 g/mol. The lowest BCUT2D eigenvalue weighted by Gasteiger charge is -2.48. The molecule has 0 spiro atoms. The van der Waals surface area contributed by atoms with Crippen LogP contribution >= 0.6 is 15.9 Å². The fourth-order valence-electron chi connectivity index (χ4n) is 10.5. The molecule has 5 aliphatic rings. The van der Waals surface area contributed by atoms with Crippen LogP contribution in [0.1, 0.15) is 86.7 Å². The fourth-order valence-corrected chi connectivity index (χ4v) is 11.1. The standard InChI is InChI=1S/C54H83BrN6O15/c1-3-35-27-38(50(67)60-21-20-59-29-34-13-14-37(39(55)25-34)30-61-23-8-17-57-19-18-56-15-7-16-58-22-24-61)28-40(47(35)76-53-46(66)45(65)43(63)32(2)71-53)73-54-49(75-52(70)36-9-5-4-6-10-36)48(44(64)42(31-62)74-54)72-41(51(68)69)26-33-11-12-33/h4-6,9-10,13-14,25,32-33,35,38,40-49,53-54,56-59,62-66H,3,7-8,11-12,15-24,26-31H2,1-2H3,(H,60,67)(H,68,69)/t32?,35?,38?,40?,41-,42?,43?,44?,45?,46?,47?,48?,49?,53?,54?/m0/s1. The van der Waals surface area contributed by atoms with Gasteiger partial charge in [0.25, 0.3) is 0 Å². The number of carboxylic acid groups (broad SMARTS) is 1. The molecule has 0 radical (unpaired) electrons. The molecule has 0 aromatic heterocycles. The first-order valence-electron chi connectivity index (χ1n) is 27.4. The number of hydrogen-bond acceptors (Lipinski definition) is 19. The van der Waals surface area contributed by atoms with Crippen LogP contribution < -0.4 is 26.6 Å². The van der Waals surface area contributed by atoms with Gasteiger partial charge in [0.1, 0.15) is 36.6 Å². The molecule has 21 nitrogen and oxygen atoms in total. The average Bonchev–Trinajstić information content (AvgIpc) is 4.25. The van der Waals surface area contributed by atoms with Crippen LogP contribution in [0.5, 0.6) is 0 Å². The second-order valence-corrected chi connectivity index (χ2v) is 21.8. The number of aliphatic hydroxyl groups excluding tert-OH is 5. The second kappa shape index (κ2) is 30.4. The molecule has 76 heavy (non-hydrogen) atoms. The van der Waals surface area contributed by atoms with Crippen LogP contribution in [0.3, 0.4) is 0 Å². The van der Waals surface area contributed by atoms with Gasteiger partial charge in [0.05, 0.1) is 30.5 Å². The fraction of sp³-hybridized carbons (Fsp3) is 0.722. The van der Waals surface area contributed by atoms with Gasteiger partial charge in [-0.1, -0.05) is 72.4 Å². The van der Waals surface area contributed by atoms with Gasteiger partial charge in [-0.3, -0.25) is 9.69 Å². The van der Waals surface area contributed by atoms with Gasteiger partial charge in [-0.15, -0.1) is 0 Å². The van der Waals surface area contributed by atoms with Crippen molar-refractivity contribution in [3.8, 4) is 0 Å². The summed E-state index contributed by atoms with van der Waals surface area (Å²) in [5.41, 5.74) is 2.43. The summed E-state index contributed by atoms with van der Waals surface area (Å²) >= 11 is 3.83. The molecule has 11 N–H and O–H groups in total. The normalized spacial score (nSPS) is 32.9. The molecule has 7 rings (SSSR count). The first-order chi connectivity index (χ1) is 36.7. The first kappa shape index (κ1) is 60.4. The third-order valence-corrected chi connectivity index (χ3v) is 15.9. The zero-order valence-electron chi connectivity index (χ0n) is 43.9. The number of nitrogens with one attached hydrogen (secondary N) is 5. The molecule has 14 unspecified atom stereocenters. The molecule has 2 aliphatic carbocycles. The van der Waals surface area contributed by atoms with Crippen molar-refractivity contribution in [2.45, 2.75) is 158 Å². The lowest BCUT2D eigenvalue weighted by atomic mass is 9.75. The summed E-state index contributed by atoms with van der Waals surface area (Å²) in [4.78, 5) is 43.1. The largest absolute Gasteiger partial charge is 0.479 e. The molecule has 2 aromatic rings. The molecule has 3 aliphatic heterocycles. The maximum Gasteiger partial charge on any atom is 0.338 e. The number of halogens is 1. The van der Waals surface area contributed by atoms with Gasteiger partial charge in [0.15, 0.2) is 24.8 Å². The van der Waals surface area contributed by atoms with Crippen molar-refractivity contribution < 1.29 is 73.4 Å². The Hall–Kier alpha value is -3.27. The molecular formula is C54H83BrN6O15. The van der Waals surface area contributed by atoms with E-state index in [1.807, 2.05) is 6.92 Å². The maximum absolute atomic E-state index is 14.2. The number of rotatable bonds is 21. The molecule has 3 heterocycles. The number of nitrogens with zero attached hydrogens (tertiary/aromatic N) is 1. The van der Waals surface area contributed by atoms with Crippen LogP contribution in [-0.4, -0.2) is 205 Å². The highest BCUT2D eigenvalue weighted by Crippen LogP contribution is 2.41. The summed E-state index contributed by atoms with van der Waals surface area (Å²) in [6, 6.07) is 14.4. The van der Waals surface area contributed by atoms with Crippen LogP contribution in [0, 0.1) is 17.8 Å². The Morgan fingerprint density at radius 3 is 2.25 bits per heavy atom. The zero-order chi connectivity index (χ0) is 54.1. The van der Waals surface area contributed by atoms with Crippen molar-refractivity contribution >= 4 is 33.8 Å². The van der Waals surface area contributed by atoms with E-state index in [9.17, 15) is 45.0 Å². The summed E-state index contributed by atoms with van der Waals surface area (Å²) in [5, 5.41) is 81.9. The molecule has 15 atom stereocenters. The zero-order valence-corrected chi connectivity index (χ0v) is 45.5. The number of aliphatic carboxylic acids is 1. The van der Waals surface area contributed by atoms with E-state index < -0.39 is 110 Å². The molecular weight excluding hydrogens is 1050 g/mol. The van der Waals surface area contributed by atoms with Crippen LogP contribution in [0.4, 0.5) is 0 Å². The van der Waals surface area contributed by atoms with Crippen molar-refractivity contribution in [3.63, 3.8) is 0 Å². The number of amides is 1. The predicted octanol–water partition coefficient (Wildman–Crippen LogP) is 0.996. The second-order valence-electron chi connectivity index (χ2n) is 21.0. The highest BCUT2D eigenvalue weighted by Gasteiger charge is 2.54. The highest BCUT2D eigenvalue weighted by molar-refractivity contribution is 9.10. The lowest BCUT2D eigenvalue weighted by molar-refractivity contribution is -0.349. The minimum absolute atomic E-state index is 0.00338. The number of benzene rings is 2. The first-order valence-corrected chi connectivity index (χ1v) is 28.2. The van der Waals surface area contributed by atoms with E-state index in [4.69, 9.17) is 28.4 Å². The van der Waals surface area contributed by atoms with E-state index in [0.717, 1.165) is 94.6 Å². The molecule has 22 heteroatoms. The van der Waals surface area contributed by atoms with Crippen molar-refractivity contribution in [1.29, 1.82) is 0 Å². The van der Waals surface area contributed by atoms with E-state index in [0.29, 0.717) is 32.5 Å². The third kappa shape index (κ3) is 17.4. The highest BCUT2D eigenvalue weighted by atomic mass is 79.9. The molecule has 3 saturated heterocycles. The van der Waals surface area contributed by atoms with Crippen LogP contribution in [-0.2, 0) is 51.1 Å². The van der Waals surface area contributed by atoms with Crippen LogP contribution in [0.2, 0.25) is 0 Å². The Morgan fingerprint density at radius 1 is 0.816 bits per heavy atom. The number of ether oxygens (including phenoxy) is 6. The van der Waals surface area contributed by atoms with Gasteiger partial charge in [-0.25, -0.2) is 9.59 Å². The number of carbonyl (C=O) groups excluding carboxylic acids is 2. The number of hydrogen-bond donors (Lipinski definition) is 11. The van der Waals surface area contributed by atoms with Gasteiger partial charge < -0.3 is 85.6 Å². The van der Waals surface area contributed by atoms with Crippen molar-refractivity contribution in [2.75, 3.05) is 72.1 Å². The Bertz CT molecular complexity index is 2090. The molecule has 0 bridgehead atoms. The van der Waals surface area contributed by atoms with E-state index in [2.05, 4.69) is 65.6 Å².